The largest absolute Gasteiger partial charge is 0.356 e. The van der Waals surface area contributed by atoms with Crippen LogP contribution in [0.1, 0.15) is 49.7 Å². The van der Waals surface area contributed by atoms with Gasteiger partial charge in [0.25, 0.3) is 5.91 Å². The molecule has 0 atom stereocenters. The molecule has 140 valence electrons. The third-order valence-corrected chi connectivity index (χ3v) is 5.33. The van der Waals surface area contributed by atoms with Crippen LogP contribution in [0.2, 0.25) is 0 Å². The van der Waals surface area contributed by atoms with Crippen molar-refractivity contribution >= 4 is 17.8 Å². The van der Waals surface area contributed by atoms with Gasteiger partial charge in [0.2, 0.25) is 5.91 Å². The van der Waals surface area contributed by atoms with E-state index in [1.54, 1.807) is 0 Å². The van der Waals surface area contributed by atoms with E-state index in [0.29, 0.717) is 19.4 Å². The maximum Gasteiger partial charge on any atom is 0.325 e. The topological polar surface area (TPSA) is 78.5 Å². The van der Waals surface area contributed by atoms with Gasteiger partial charge in [-0.25, -0.2) is 4.79 Å². The molecular formula is C20H27N3O3. The van der Waals surface area contributed by atoms with Gasteiger partial charge in [-0.3, -0.25) is 14.5 Å². The van der Waals surface area contributed by atoms with Crippen LogP contribution >= 0.6 is 0 Å². The van der Waals surface area contributed by atoms with Crippen molar-refractivity contribution in [3.05, 3.63) is 35.4 Å². The molecule has 1 aromatic rings. The summed E-state index contributed by atoms with van der Waals surface area (Å²) in [6, 6.07) is 7.83. The summed E-state index contributed by atoms with van der Waals surface area (Å²) in [6.45, 7) is 2.73. The van der Waals surface area contributed by atoms with Gasteiger partial charge in [-0.1, -0.05) is 49.1 Å². The molecule has 1 aromatic carbocycles. The van der Waals surface area contributed by atoms with Crippen LogP contribution in [0.3, 0.4) is 0 Å². The van der Waals surface area contributed by atoms with Gasteiger partial charge in [-0.15, -0.1) is 0 Å². The molecule has 1 aliphatic heterocycles. The molecule has 1 aliphatic carbocycles. The average molecular weight is 357 g/mol. The molecule has 26 heavy (non-hydrogen) atoms. The van der Waals surface area contributed by atoms with E-state index in [4.69, 9.17) is 0 Å². The second-order valence-corrected chi connectivity index (χ2v) is 7.37. The Morgan fingerprint density at radius 3 is 2.73 bits per heavy atom. The van der Waals surface area contributed by atoms with Crippen molar-refractivity contribution in [2.45, 2.75) is 57.4 Å². The maximum atomic E-state index is 12.6. The molecule has 2 N–H and O–H groups in total. The van der Waals surface area contributed by atoms with E-state index in [2.05, 4.69) is 16.7 Å². The number of carbonyl (C=O) groups is 3. The second kappa shape index (κ2) is 7.89. The van der Waals surface area contributed by atoms with Gasteiger partial charge < -0.3 is 10.6 Å². The van der Waals surface area contributed by atoms with Crippen LogP contribution in [-0.2, 0) is 16.0 Å². The van der Waals surface area contributed by atoms with Gasteiger partial charge in [-0.2, -0.15) is 0 Å². The summed E-state index contributed by atoms with van der Waals surface area (Å²) in [7, 11) is 0. The van der Waals surface area contributed by atoms with Gasteiger partial charge in [0.05, 0.1) is 0 Å². The Kier molecular flexibility index (Phi) is 5.59. The molecule has 6 heteroatoms. The van der Waals surface area contributed by atoms with Gasteiger partial charge in [0, 0.05) is 19.5 Å². The standard InChI is InChI=1S/C20H27N3O3/c1-15-6-5-7-16(14-15)8-12-21-17(24)9-13-23-18(25)20(22-19(23)26)10-3-2-4-11-20/h5-7,14H,2-4,8-13H2,1H3,(H,21,24)(H,22,26). The Bertz CT molecular complexity index is 695. The minimum atomic E-state index is -0.711. The highest BCUT2D eigenvalue weighted by atomic mass is 16.2. The number of hydrogen-bond acceptors (Lipinski definition) is 3. The fourth-order valence-corrected chi connectivity index (χ4v) is 3.89. The summed E-state index contributed by atoms with van der Waals surface area (Å²) in [5.74, 6) is -0.294. The van der Waals surface area contributed by atoms with Gasteiger partial charge in [-0.05, 0) is 31.7 Å². The predicted molar refractivity (Wildman–Crippen MR) is 98.6 cm³/mol. The van der Waals surface area contributed by atoms with Crippen LogP contribution in [0.4, 0.5) is 4.79 Å². The lowest BCUT2D eigenvalue weighted by molar-refractivity contribution is -0.132. The molecule has 1 saturated carbocycles. The van der Waals surface area contributed by atoms with E-state index in [-0.39, 0.29) is 30.8 Å². The number of nitrogens with zero attached hydrogens (tertiary/aromatic N) is 1. The van der Waals surface area contributed by atoms with Gasteiger partial charge in [0.15, 0.2) is 0 Å². The summed E-state index contributed by atoms with van der Waals surface area (Å²) >= 11 is 0. The average Bonchev–Trinajstić information content (AvgIpc) is 2.84. The van der Waals surface area contributed by atoms with Crippen molar-refractivity contribution in [1.29, 1.82) is 0 Å². The summed E-state index contributed by atoms with van der Waals surface area (Å²) in [4.78, 5) is 38.1. The van der Waals surface area contributed by atoms with E-state index in [9.17, 15) is 14.4 Å². The number of aryl methyl sites for hydroxylation is 1. The Morgan fingerprint density at radius 2 is 2.00 bits per heavy atom. The number of imide groups is 1. The molecule has 3 rings (SSSR count). The van der Waals surface area contributed by atoms with Crippen LogP contribution in [0, 0.1) is 6.92 Å². The van der Waals surface area contributed by atoms with Gasteiger partial charge in [0.1, 0.15) is 5.54 Å². The molecule has 1 heterocycles. The zero-order valence-corrected chi connectivity index (χ0v) is 15.3. The Hall–Kier alpha value is -2.37. The lowest BCUT2D eigenvalue weighted by Crippen LogP contribution is -2.48. The fourth-order valence-electron chi connectivity index (χ4n) is 3.89. The molecular weight excluding hydrogens is 330 g/mol. The van der Waals surface area contributed by atoms with Crippen molar-refractivity contribution in [2.75, 3.05) is 13.1 Å². The molecule has 2 fully saturated rings. The van der Waals surface area contributed by atoms with Crippen molar-refractivity contribution in [3.8, 4) is 0 Å². The maximum absolute atomic E-state index is 12.6. The molecule has 6 nitrogen and oxygen atoms in total. The zero-order valence-electron chi connectivity index (χ0n) is 15.3. The number of hydrogen-bond donors (Lipinski definition) is 2. The second-order valence-electron chi connectivity index (χ2n) is 7.37. The van der Waals surface area contributed by atoms with E-state index in [0.717, 1.165) is 25.7 Å². The first kappa shape index (κ1) is 18.4. The molecule has 1 spiro atoms. The molecule has 4 amide bonds. The quantitative estimate of drug-likeness (QED) is 0.767. The summed E-state index contributed by atoms with van der Waals surface area (Å²) in [5.41, 5.74) is 1.67. The first-order chi connectivity index (χ1) is 12.5. The van der Waals surface area contributed by atoms with Crippen molar-refractivity contribution < 1.29 is 14.4 Å². The third kappa shape index (κ3) is 4.06. The van der Waals surface area contributed by atoms with Crippen molar-refractivity contribution in [3.63, 3.8) is 0 Å². The lowest BCUT2D eigenvalue weighted by Gasteiger charge is -2.30. The van der Waals surface area contributed by atoms with E-state index in [1.807, 2.05) is 25.1 Å². The molecule has 0 aromatic heterocycles. The Morgan fingerprint density at radius 1 is 1.23 bits per heavy atom. The van der Waals surface area contributed by atoms with Crippen LogP contribution in [0.25, 0.3) is 0 Å². The van der Waals surface area contributed by atoms with E-state index >= 15 is 0 Å². The number of rotatable bonds is 6. The molecule has 0 unspecified atom stereocenters. The minimum absolute atomic E-state index is 0.136. The highest BCUT2D eigenvalue weighted by Gasteiger charge is 2.50. The fraction of sp³-hybridized carbons (Fsp3) is 0.550. The molecule has 2 aliphatic rings. The summed E-state index contributed by atoms with van der Waals surface area (Å²) in [6.07, 6.45) is 5.34. The number of urea groups is 1. The normalized spacial score (nSPS) is 18.9. The summed E-state index contributed by atoms with van der Waals surface area (Å²) in [5, 5.41) is 5.74. The zero-order chi connectivity index (χ0) is 18.6. The highest BCUT2D eigenvalue weighted by molar-refractivity contribution is 6.07. The van der Waals surface area contributed by atoms with Crippen LogP contribution in [-0.4, -0.2) is 41.4 Å². The molecule has 1 saturated heterocycles. The third-order valence-electron chi connectivity index (χ3n) is 5.33. The van der Waals surface area contributed by atoms with Crippen LogP contribution in [0.5, 0.6) is 0 Å². The lowest BCUT2D eigenvalue weighted by atomic mass is 9.82. The Balaban J connectivity index is 1.44. The van der Waals surface area contributed by atoms with Crippen molar-refractivity contribution in [2.24, 2.45) is 0 Å². The SMILES string of the molecule is Cc1cccc(CCNC(=O)CCN2C(=O)NC3(CCCCC3)C2=O)c1. The van der Waals surface area contributed by atoms with Crippen LogP contribution < -0.4 is 10.6 Å². The monoisotopic (exact) mass is 357 g/mol. The van der Waals surface area contributed by atoms with E-state index in [1.165, 1.54) is 16.0 Å². The van der Waals surface area contributed by atoms with E-state index < -0.39 is 5.54 Å². The number of carbonyl (C=O) groups excluding carboxylic acids is 3. The first-order valence-electron chi connectivity index (χ1n) is 9.46. The van der Waals surface area contributed by atoms with Crippen molar-refractivity contribution in [1.82, 2.24) is 15.5 Å². The number of nitrogens with one attached hydrogen (secondary N) is 2. The smallest absolute Gasteiger partial charge is 0.325 e. The number of benzene rings is 1. The minimum Gasteiger partial charge on any atom is -0.356 e. The Labute approximate surface area is 154 Å². The predicted octanol–water partition coefficient (Wildman–Crippen LogP) is 2.30. The number of amides is 4. The molecule has 0 radical (unpaired) electrons. The highest BCUT2D eigenvalue weighted by Crippen LogP contribution is 2.33. The summed E-state index contributed by atoms with van der Waals surface area (Å²) < 4.78 is 0. The first-order valence-corrected chi connectivity index (χ1v) is 9.46. The molecule has 0 bridgehead atoms. The van der Waals surface area contributed by atoms with Crippen LogP contribution in [0.15, 0.2) is 24.3 Å². The van der Waals surface area contributed by atoms with Gasteiger partial charge >= 0.3 is 6.03 Å².